The summed E-state index contributed by atoms with van der Waals surface area (Å²) in [7, 11) is 0. The summed E-state index contributed by atoms with van der Waals surface area (Å²) in [6.45, 7) is 2.15. The summed E-state index contributed by atoms with van der Waals surface area (Å²) in [4.78, 5) is 39.5. The third kappa shape index (κ3) is 6.82. The molecule has 3 amide bonds. The average molecular weight is 646 g/mol. The van der Waals surface area contributed by atoms with Gasteiger partial charge < -0.3 is 14.8 Å². The molecule has 3 aromatic rings. The first-order chi connectivity index (χ1) is 17.9. The number of rotatable bonds is 9. The molecule has 37 heavy (non-hydrogen) atoms. The molecule has 10 heteroatoms. The van der Waals surface area contributed by atoms with Crippen molar-refractivity contribution in [2.45, 2.75) is 13.5 Å². The second kappa shape index (κ2) is 12.4. The number of carbonyl (C=O) groups excluding carboxylic acids is 3. The molecule has 0 radical (unpaired) electrons. The largest absolute Gasteiger partial charge is 0.490 e. The van der Waals surface area contributed by atoms with Crippen molar-refractivity contribution in [2.75, 3.05) is 18.5 Å². The average Bonchev–Trinajstić information content (AvgIpc) is 3.13. The lowest BCUT2D eigenvalue weighted by Gasteiger charge is -2.15. The zero-order valence-corrected chi connectivity index (χ0v) is 23.7. The van der Waals surface area contributed by atoms with Crippen LogP contribution >= 0.6 is 43.6 Å². The monoisotopic (exact) mass is 644 g/mol. The van der Waals surface area contributed by atoms with E-state index in [2.05, 4.69) is 37.2 Å². The quantitative estimate of drug-likeness (QED) is 0.256. The highest BCUT2D eigenvalue weighted by atomic mass is 79.9. The Labute approximate surface area is 235 Å². The van der Waals surface area contributed by atoms with Crippen LogP contribution in [0.25, 0.3) is 6.08 Å². The van der Waals surface area contributed by atoms with Gasteiger partial charge in [-0.15, -0.1) is 0 Å². The minimum Gasteiger partial charge on any atom is -0.490 e. The van der Waals surface area contributed by atoms with E-state index in [1.165, 1.54) is 4.90 Å². The van der Waals surface area contributed by atoms with Gasteiger partial charge in [0.2, 0.25) is 0 Å². The minimum atomic E-state index is -0.363. The molecular weight excluding hydrogens is 624 g/mol. The number of amides is 3. The Hall–Kier alpha value is -3.08. The second-order valence-corrected chi connectivity index (χ2v) is 10.5. The minimum absolute atomic E-state index is 0.176. The van der Waals surface area contributed by atoms with E-state index in [1.54, 1.807) is 30.3 Å². The van der Waals surface area contributed by atoms with Crippen molar-refractivity contribution in [2.24, 2.45) is 0 Å². The van der Waals surface area contributed by atoms with Crippen LogP contribution in [0, 0.1) is 0 Å². The second-order valence-electron chi connectivity index (χ2n) is 7.83. The molecule has 4 rings (SSSR count). The van der Waals surface area contributed by atoms with Gasteiger partial charge in [0.1, 0.15) is 0 Å². The van der Waals surface area contributed by atoms with Crippen LogP contribution in [0.4, 0.5) is 10.5 Å². The van der Waals surface area contributed by atoms with E-state index < -0.39 is 0 Å². The van der Waals surface area contributed by atoms with Gasteiger partial charge in [0.15, 0.2) is 18.1 Å². The Morgan fingerprint density at radius 1 is 1.00 bits per heavy atom. The van der Waals surface area contributed by atoms with Crippen LogP contribution in [0.2, 0.25) is 0 Å². The lowest BCUT2D eigenvalue weighted by Crippen LogP contribution is -2.27. The first-order valence-electron chi connectivity index (χ1n) is 11.3. The number of hydrogen-bond acceptors (Lipinski definition) is 6. The molecule has 0 bridgehead atoms. The zero-order valence-electron chi connectivity index (χ0n) is 19.7. The molecule has 0 atom stereocenters. The molecule has 0 aliphatic carbocycles. The number of halogens is 2. The molecule has 0 aromatic heterocycles. The fraction of sp³-hybridized carbons (Fsp3) is 0.148. The topological polar surface area (TPSA) is 84.9 Å². The fourth-order valence-electron chi connectivity index (χ4n) is 3.52. The van der Waals surface area contributed by atoms with Crippen molar-refractivity contribution < 1.29 is 23.9 Å². The molecule has 1 heterocycles. The molecule has 0 saturated carbocycles. The van der Waals surface area contributed by atoms with Crippen LogP contribution < -0.4 is 14.8 Å². The van der Waals surface area contributed by atoms with Crippen LogP contribution in [0.1, 0.15) is 18.1 Å². The number of benzene rings is 3. The van der Waals surface area contributed by atoms with Gasteiger partial charge in [0.05, 0.1) is 22.5 Å². The van der Waals surface area contributed by atoms with E-state index in [4.69, 9.17) is 9.47 Å². The van der Waals surface area contributed by atoms with Crippen molar-refractivity contribution in [1.82, 2.24) is 4.90 Å². The number of para-hydroxylation sites is 1. The molecule has 0 spiro atoms. The van der Waals surface area contributed by atoms with Crippen molar-refractivity contribution in [3.8, 4) is 11.5 Å². The number of anilines is 1. The summed E-state index contributed by atoms with van der Waals surface area (Å²) in [5.74, 6) is 0.0911. The first-order valence-corrected chi connectivity index (χ1v) is 13.7. The molecule has 3 aromatic carbocycles. The van der Waals surface area contributed by atoms with Gasteiger partial charge in [-0.3, -0.25) is 19.3 Å². The van der Waals surface area contributed by atoms with Crippen molar-refractivity contribution in [3.05, 3.63) is 91.7 Å². The summed E-state index contributed by atoms with van der Waals surface area (Å²) in [6, 6.07) is 20.0. The summed E-state index contributed by atoms with van der Waals surface area (Å²) in [5, 5.41) is 2.43. The predicted molar refractivity (Wildman–Crippen MR) is 152 cm³/mol. The summed E-state index contributed by atoms with van der Waals surface area (Å²) in [5.41, 5.74) is 2.15. The molecule has 1 saturated heterocycles. The molecular formula is C27H22Br2N2O5S. The molecule has 1 N–H and O–H groups in total. The zero-order chi connectivity index (χ0) is 26.4. The van der Waals surface area contributed by atoms with Crippen molar-refractivity contribution in [3.63, 3.8) is 0 Å². The van der Waals surface area contributed by atoms with Crippen molar-refractivity contribution >= 4 is 72.4 Å². The van der Waals surface area contributed by atoms with E-state index in [1.807, 2.05) is 49.4 Å². The molecule has 1 aliphatic rings. The van der Waals surface area contributed by atoms with Gasteiger partial charge in [-0.1, -0.05) is 52.3 Å². The van der Waals surface area contributed by atoms with Crippen LogP contribution in [0.15, 0.2) is 80.6 Å². The Bertz CT molecular complexity index is 1360. The maximum atomic E-state index is 13.0. The molecule has 1 aliphatic heterocycles. The summed E-state index contributed by atoms with van der Waals surface area (Å²) in [6.07, 6.45) is 1.64. The molecule has 7 nitrogen and oxygen atoms in total. The lowest BCUT2D eigenvalue weighted by atomic mass is 10.1. The Morgan fingerprint density at radius 2 is 1.73 bits per heavy atom. The fourth-order valence-corrected chi connectivity index (χ4v) is 5.34. The van der Waals surface area contributed by atoms with Crippen LogP contribution in [-0.2, 0) is 16.1 Å². The first kappa shape index (κ1) is 27.0. The van der Waals surface area contributed by atoms with E-state index in [-0.39, 0.29) is 30.2 Å². The smallest absolute Gasteiger partial charge is 0.293 e. The molecule has 190 valence electrons. The number of nitrogens with zero attached hydrogens (tertiary/aromatic N) is 1. The number of nitrogens with one attached hydrogen (secondary N) is 1. The van der Waals surface area contributed by atoms with E-state index in [0.29, 0.717) is 38.7 Å². The maximum absolute atomic E-state index is 13.0. The Morgan fingerprint density at radius 3 is 2.46 bits per heavy atom. The number of ether oxygens (including phenoxy) is 2. The number of hydrogen-bond donors (Lipinski definition) is 1. The van der Waals surface area contributed by atoms with E-state index in [9.17, 15) is 14.4 Å². The van der Waals surface area contributed by atoms with Gasteiger partial charge >= 0.3 is 0 Å². The van der Waals surface area contributed by atoms with Crippen LogP contribution in [0.5, 0.6) is 11.5 Å². The Balaban J connectivity index is 1.50. The summed E-state index contributed by atoms with van der Waals surface area (Å²) < 4.78 is 12.9. The van der Waals surface area contributed by atoms with Gasteiger partial charge in [0, 0.05) is 10.2 Å². The standard InChI is InChI=1S/C27H22Br2N2O5S/c1-2-35-22-13-17(12-21(29)25(22)36-16-24(32)30-19-9-4-3-5-10-19)14-23-26(33)31(27(34)37-23)15-18-8-6-7-11-20(18)28/h3-14H,2,15-16H2,1H3,(H,30,32)/b23-14-. The Kier molecular flexibility index (Phi) is 9.07. The lowest BCUT2D eigenvalue weighted by molar-refractivity contribution is -0.123. The SMILES string of the molecule is CCOc1cc(/C=C2\SC(=O)N(Cc3ccccc3Br)C2=O)cc(Br)c1OCC(=O)Nc1ccccc1. The van der Waals surface area contributed by atoms with Crippen molar-refractivity contribution in [1.29, 1.82) is 0 Å². The predicted octanol–water partition coefficient (Wildman–Crippen LogP) is 6.86. The van der Waals surface area contributed by atoms with Crippen LogP contribution in [0.3, 0.4) is 0 Å². The van der Waals surface area contributed by atoms with Gasteiger partial charge in [-0.05, 0) is 82.2 Å². The van der Waals surface area contributed by atoms with Gasteiger partial charge in [-0.25, -0.2) is 0 Å². The van der Waals surface area contributed by atoms with Gasteiger partial charge in [-0.2, -0.15) is 0 Å². The molecule has 1 fully saturated rings. The highest BCUT2D eigenvalue weighted by molar-refractivity contribution is 9.10. The van der Waals surface area contributed by atoms with Crippen LogP contribution in [-0.4, -0.2) is 35.2 Å². The molecule has 0 unspecified atom stereocenters. The summed E-state index contributed by atoms with van der Waals surface area (Å²) >= 11 is 7.84. The third-order valence-corrected chi connectivity index (χ3v) is 7.46. The highest BCUT2D eigenvalue weighted by Crippen LogP contribution is 2.39. The normalized spacial score (nSPS) is 14.2. The maximum Gasteiger partial charge on any atom is 0.293 e. The number of imide groups is 1. The van der Waals surface area contributed by atoms with E-state index >= 15 is 0 Å². The van der Waals surface area contributed by atoms with E-state index in [0.717, 1.165) is 21.8 Å². The number of carbonyl (C=O) groups is 3. The number of thioether (sulfide) groups is 1. The van der Waals surface area contributed by atoms with Gasteiger partial charge in [0.25, 0.3) is 17.1 Å². The third-order valence-electron chi connectivity index (χ3n) is 5.19. The highest BCUT2D eigenvalue weighted by Gasteiger charge is 2.35.